The Labute approximate surface area is 122 Å². The molecule has 0 aromatic carbocycles. The number of hydrogen-bond acceptors (Lipinski definition) is 4. The second-order valence-electron chi connectivity index (χ2n) is 5.46. The molecular weight excluding hydrogens is 274 g/mol. The molecule has 0 atom stereocenters. The van der Waals surface area contributed by atoms with Crippen molar-refractivity contribution < 1.29 is 8.42 Å². The summed E-state index contributed by atoms with van der Waals surface area (Å²) in [5.41, 5.74) is 0.608. The van der Waals surface area contributed by atoms with Gasteiger partial charge in [-0.25, -0.2) is 8.42 Å². The standard InChI is InChI=1S/C14H25N3O2S/c1-6-16-13-7-8-15-9-14(13)20(18,19)17(12(4)5)10-11(2)3/h7-9,11-12H,6,10H2,1-5H3,(H,15,16). The van der Waals surface area contributed by atoms with Crippen molar-refractivity contribution in [3.05, 3.63) is 18.5 Å². The number of pyridine rings is 1. The molecule has 1 rings (SSSR count). The van der Waals surface area contributed by atoms with Gasteiger partial charge in [-0.3, -0.25) is 4.98 Å². The van der Waals surface area contributed by atoms with Gasteiger partial charge < -0.3 is 5.32 Å². The van der Waals surface area contributed by atoms with Crippen LogP contribution in [-0.4, -0.2) is 36.8 Å². The first-order valence-corrected chi connectivity index (χ1v) is 8.44. The van der Waals surface area contributed by atoms with Crippen LogP contribution in [0.3, 0.4) is 0 Å². The van der Waals surface area contributed by atoms with Crippen LogP contribution in [0, 0.1) is 5.92 Å². The number of nitrogens with zero attached hydrogens (tertiary/aromatic N) is 2. The summed E-state index contributed by atoms with van der Waals surface area (Å²) in [6.45, 7) is 10.9. The molecule has 0 aliphatic carbocycles. The molecule has 0 saturated carbocycles. The van der Waals surface area contributed by atoms with Crippen molar-refractivity contribution >= 4 is 15.7 Å². The molecule has 0 aliphatic heterocycles. The molecule has 1 aromatic rings. The zero-order chi connectivity index (χ0) is 15.3. The molecule has 0 spiro atoms. The number of sulfonamides is 1. The highest BCUT2D eigenvalue weighted by atomic mass is 32.2. The highest BCUT2D eigenvalue weighted by Gasteiger charge is 2.29. The second kappa shape index (κ2) is 7.04. The van der Waals surface area contributed by atoms with E-state index in [1.807, 2.05) is 34.6 Å². The van der Waals surface area contributed by atoms with Gasteiger partial charge >= 0.3 is 0 Å². The van der Waals surface area contributed by atoms with Gasteiger partial charge in [0.25, 0.3) is 0 Å². The summed E-state index contributed by atoms with van der Waals surface area (Å²) >= 11 is 0. The van der Waals surface area contributed by atoms with Crippen molar-refractivity contribution in [2.75, 3.05) is 18.4 Å². The smallest absolute Gasteiger partial charge is 0.246 e. The molecule has 0 saturated heterocycles. The summed E-state index contributed by atoms with van der Waals surface area (Å²) in [6.07, 6.45) is 3.02. The van der Waals surface area contributed by atoms with Gasteiger partial charge in [-0.1, -0.05) is 13.8 Å². The molecule has 1 aromatic heterocycles. The van der Waals surface area contributed by atoms with Gasteiger partial charge in [0, 0.05) is 31.5 Å². The van der Waals surface area contributed by atoms with Crippen LogP contribution < -0.4 is 5.32 Å². The van der Waals surface area contributed by atoms with Crippen molar-refractivity contribution in [2.45, 2.75) is 45.6 Å². The second-order valence-corrected chi connectivity index (χ2v) is 7.32. The van der Waals surface area contributed by atoms with E-state index in [0.717, 1.165) is 0 Å². The Morgan fingerprint density at radius 3 is 2.45 bits per heavy atom. The van der Waals surface area contributed by atoms with Crippen molar-refractivity contribution in [1.29, 1.82) is 0 Å². The lowest BCUT2D eigenvalue weighted by Gasteiger charge is -2.28. The highest BCUT2D eigenvalue weighted by molar-refractivity contribution is 7.89. The van der Waals surface area contributed by atoms with Crippen LogP contribution in [0.1, 0.15) is 34.6 Å². The summed E-state index contributed by atoms with van der Waals surface area (Å²) in [5.74, 6) is 0.270. The minimum Gasteiger partial charge on any atom is -0.384 e. The van der Waals surface area contributed by atoms with Crippen LogP contribution in [0.2, 0.25) is 0 Å². The number of anilines is 1. The van der Waals surface area contributed by atoms with E-state index in [9.17, 15) is 8.42 Å². The predicted molar refractivity (Wildman–Crippen MR) is 82.3 cm³/mol. The molecule has 1 heterocycles. The summed E-state index contributed by atoms with van der Waals surface area (Å²) in [5, 5.41) is 3.08. The highest BCUT2D eigenvalue weighted by Crippen LogP contribution is 2.25. The summed E-state index contributed by atoms with van der Waals surface area (Å²) < 4.78 is 27.2. The quantitative estimate of drug-likeness (QED) is 0.840. The van der Waals surface area contributed by atoms with Gasteiger partial charge in [-0.05, 0) is 32.8 Å². The zero-order valence-corrected chi connectivity index (χ0v) is 13.7. The minimum absolute atomic E-state index is 0.0860. The van der Waals surface area contributed by atoms with Gasteiger partial charge in [-0.15, -0.1) is 0 Å². The van der Waals surface area contributed by atoms with Gasteiger partial charge in [0.2, 0.25) is 10.0 Å². The summed E-state index contributed by atoms with van der Waals surface area (Å²) in [4.78, 5) is 4.22. The van der Waals surface area contributed by atoms with Crippen molar-refractivity contribution in [1.82, 2.24) is 9.29 Å². The predicted octanol–water partition coefficient (Wildman–Crippen LogP) is 2.57. The molecule has 1 N–H and O–H groups in total. The fourth-order valence-corrected chi connectivity index (χ4v) is 3.91. The summed E-state index contributed by atoms with van der Waals surface area (Å²) in [6, 6.07) is 1.61. The minimum atomic E-state index is -3.54. The van der Waals surface area contributed by atoms with E-state index in [1.54, 1.807) is 12.3 Å². The SMILES string of the molecule is CCNc1ccncc1S(=O)(=O)N(CC(C)C)C(C)C. The van der Waals surface area contributed by atoms with Crippen molar-refractivity contribution in [3.63, 3.8) is 0 Å². The Balaban J connectivity index is 3.26. The van der Waals surface area contributed by atoms with Gasteiger partial charge in [0.05, 0.1) is 5.69 Å². The number of hydrogen-bond donors (Lipinski definition) is 1. The number of nitrogens with one attached hydrogen (secondary N) is 1. The molecule has 0 fully saturated rings. The Bertz CT molecular complexity index is 527. The fraction of sp³-hybridized carbons (Fsp3) is 0.643. The van der Waals surface area contributed by atoms with E-state index in [4.69, 9.17) is 0 Å². The molecule has 114 valence electrons. The van der Waals surface area contributed by atoms with Crippen LogP contribution in [0.15, 0.2) is 23.4 Å². The number of aromatic nitrogens is 1. The maximum absolute atomic E-state index is 12.9. The fourth-order valence-electron chi connectivity index (χ4n) is 1.99. The van der Waals surface area contributed by atoms with E-state index in [-0.39, 0.29) is 16.9 Å². The molecule has 0 bridgehead atoms. The zero-order valence-electron chi connectivity index (χ0n) is 12.9. The van der Waals surface area contributed by atoms with Crippen LogP contribution in [0.5, 0.6) is 0 Å². The normalized spacial score (nSPS) is 12.4. The molecule has 0 radical (unpaired) electrons. The first-order chi connectivity index (χ1) is 9.30. The molecule has 6 heteroatoms. The van der Waals surface area contributed by atoms with Gasteiger partial charge in [-0.2, -0.15) is 4.31 Å². The van der Waals surface area contributed by atoms with E-state index in [0.29, 0.717) is 18.8 Å². The van der Waals surface area contributed by atoms with E-state index in [1.165, 1.54) is 10.5 Å². The molecule has 0 unspecified atom stereocenters. The van der Waals surface area contributed by atoms with Crippen LogP contribution in [-0.2, 0) is 10.0 Å². The first kappa shape index (κ1) is 16.9. The van der Waals surface area contributed by atoms with Crippen molar-refractivity contribution in [3.8, 4) is 0 Å². The molecule has 0 aliphatic rings. The Morgan fingerprint density at radius 2 is 1.95 bits per heavy atom. The lowest BCUT2D eigenvalue weighted by molar-refractivity contribution is 0.319. The van der Waals surface area contributed by atoms with Gasteiger partial charge in [0.1, 0.15) is 4.90 Å². The third-order valence-corrected chi connectivity index (χ3v) is 4.93. The lowest BCUT2D eigenvalue weighted by Crippen LogP contribution is -2.39. The topological polar surface area (TPSA) is 62.3 Å². The Kier molecular flexibility index (Phi) is 5.95. The maximum atomic E-state index is 12.9. The van der Waals surface area contributed by atoms with E-state index >= 15 is 0 Å². The van der Waals surface area contributed by atoms with E-state index in [2.05, 4.69) is 10.3 Å². The Morgan fingerprint density at radius 1 is 1.30 bits per heavy atom. The van der Waals surface area contributed by atoms with E-state index < -0.39 is 10.0 Å². The largest absolute Gasteiger partial charge is 0.384 e. The van der Waals surface area contributed by atoms with Crippen LogP contribution >= 0.6 is 0 Å². The molecule has 0 amide bonds. The monoisotopic (exact) mass is 299 g/mol. The van der Waals surface area contributed by atoms with Crippen LogP contribution in [0.4, 0.5) is 5.69 Å². The van der Waals surface area contributed by atoms with Crippen LogP contribution in [0.25, 0.3) is 0 Å². The number of rotatable bonds is 7. The lowest BCUT2D eigenvalue weighted by atomic mass is 10.2. The summed E-state index contributed by atoms with van der Waals surface area (Å²) in [7, 11) is -3.54. The maximum Gasteiger partial charge on any atom is 0.246 e. The molecule has 5 nitrogen and oxygen atoms in total. The van der Waals surface area contributed by atoms with Crippen molar-refractivity contribution in [2.24, 2.45) is 5.92 Å². The average molecular weight is 299 g/mol. The third-order valence-electron chi connectivity index (χ3n) is 2.86. The average Bonchev–Trinajstić information content (AvgIpc) is 2.36. The first-order valence-electron chi connectivity index (χ1n) is 7.00. The van der Waals surface area contributed by atoms with Gasteiger partial charge in [0.15, 0.2) is 0 Å². The molecular formula is C14H25N3O2S. The third kappa shape index (κ3) is 3.93. The Hall–Kier alpha value is -1.14. The molecule has 20 heavy (non-hydrogen) atoms.